The first-order valence-corrected chi connectivity index (χ1v) is 6.28. The highest BCUT2D eigenvalue weighted by molar-refractivity contribution is 9.10. The molecule has 0 spiro atoms. The molecule has 0 aromatic carbocycles. The first-order valence-electron chi connectivity index (χ1n) is 4.61. The fourth-order valence-electron chi connectivity index (χ4n) is 1.19. The van der Waals surface area contributed by atoms with Crippen LogP contribution in [0, 0.1) is 11.3 Å². The summed E-state index contributed by atoms with van der Waals surface area (Å²) in [7, 11) is 0. The van der Waals surface area contributed by atoms with Crippen molar-refractivity contribution >= 4 is 33.1 Å². The molecule has 0 amide bonds. The molecule has 2 heterocycles. The third-order valence-corrected chi connectivity index (χ3v) is 3.36. The largest absolute Gasteiger partial charge is 0.365 e. The van der Waals surface area contributed by atoms with Gasteiger partial charge < -0.3 is 5.32 Å². The SMILES string of the molecule is N#Cc1csc(CNc2ccc(Br)cn2)c1. The van der Waals surface area contributed by atoms with E-state index in [0.717, 1.165) is 15.2 Å². The van der Waals surface area contributed by atoms with Gasteiger partial charge in [0.15, 0.2) is 0 Å². The number of anilines is 1. The molecular weight excluding hydrogens is 286 g/mol. The van der Waals surface area contributed by atoms with E-state index in [4.69, 9.17) is 5.26 Å². The van der Waals surface area contributed by atoms with Gasteiger partial charge in [-0.05, 0) is 34.1 Å². The molecule has 5 heteroatoms. The molecule has 0 bridgehead atoms. The lowest BCUT2D eigenvalue weighted by molar-refractivity contribution is 1.14. The van der Waals surface area contributed by atoms with Gasteiger partial charge in [0, 0.05) is 20.9 Å². The smallest absolute Gasteiger partial charge is 0.126 e. The Bertz CT molecular complexity index is 513. The van der Waals surface area contributed by atoms with Crippen molar-refractivity contribution < 1.29 is 0 Å². The molecule has 0 aliphatic rings. The Morgan fingerprint density at radius 2 is 2.38 bits per heavy atom. The number of hydrogen-bond donors (Lipinski definition) is 1. The number of rotatable bonds is 3. The van der Waals surface area contributed by atoms with Crippen molar-refractivity contribution in [1.82, 2.24) is 4.98 Å². The summed E-state index contributed by atoms with van der Waals surface area (Å²) in [5.74, 6) is 0.829. The van der Waals surface area contributed by atoms with Crippen LogP contribution < -0.4 is 5.32 Å². The fraction of sp³-hybridized carbons (Fsp3) is 0.0909. The van der Waals surface area contributed by atoms with Gasteiger partial charge in [-0.15, -0.1) is 11.3 Å². The predicted octanol–water partition coefficient (Wildman–Crippen LogP) is 3.39. The second-order valence-corrected chi connectivity index (χ2v) is 5.04. The minimum Gasteiger partial charge on any atom is -0.365 e. The molecule has 16 heavy (non-hydrogen) atoms. The highest BCUT2D eigenvalue weighted by atomic mass is 79.9. The minimum absolute atomic E-state index is 0.695. The number of pyridine rings is 1. The summed E-state index contributed by atoms with van der Waals surface area (Å²) in [6.07, 6.45) is 1.75. The van der Waals surface area contributed by atoms with Crippen molar-refractivity contribution in [2.24, 2.45) is 0 Å². The Kier molecular flexibility index (Phi) is 3.54. The number of aromatic nitrogens is 1. The number of hydrogen-bond acceptors (Lipinski definition) is 4. The van der Waals surface area contributed by atoms with Crippen molar-refractivity contribution in [2.75, 3.05) is 5.32 Å². The molecule has 0 saturated carbocycles. The topological polar surface area (TPSA) is 48.7 Å². The van der Waals surface area contributed by atoms with Crippen molar-refractivity contribution in [3.05, 3.63) is 44.7 Å². The number of thiophene rings is 1. The summed E-state index contributed by atoms with van der Waals surface area (Å²) in [5.41, 5.74) is 0.713. The summed E-state index contributed by atoms with van der Waals surface area (Å²) < 4.78 is 0.959. The van der Waals surface area contributed by atoms with Gasteiger partial charge in [0.1, 0.15) is 11.9 Å². The van der Waals surface area contributed by atoms with E-state index in [2.05, 4.69) is 32.3 Å². The zero-order valence-corrected chi connectivity index (χ0v) is 10.7. The molecule has 3 nitrogen and oxygen atoms in total. The Balaban J connectivity index is 1.97. The van der Waals surface area contributed by atoms with Crippen molar-refractivity contribution in [3.63, 3.8) is 0 Å². The third-order valence-electron chi connectivity index (χ3n) is 1.95. The average molecular weight is 294 g/mol. The van der Waals surface area contributed by atoms with E-state index < -0.39 is 0 Å². The van der Waals surface area contributed by atoms with Crippen LogP contribution in [0.4, 0.5) is 5.82 Å². The quantitative estimate of drug-likeness (QED) is 0.944. The van der Waals surface area contributed by atoms with Crippen LogP contribution in [-0.4, -0.2) is 4.98 Å². The van der Waals surface area contributed by atoms with Gasteiger partial charge in [-0.1, -0.05) is 0 Å². The van der Waals surface area contributed by atoms with Crippen LogP contribution in [-0.2, 0) is 6.54 Å². The molecule has 0 fully saturated rings. The molecular formula is C11H8BrN3S. The van der Waals surface area contributed by atoms with E-state index in [1.807, 2.05) is 23.6 Å². The molecule has 2 aromatic heterocycles. The highest BCUT2D eigenvalue weighted by Gasteiger charge is 1.99. The molecule has 1 N–H and O–H groups in total. The van der Waals surface area contributed by atoms with Crippen LogP contribution in [0.15, 0.2) is 34.2 Å². The van der Waals surface area contributed by atoms with Gasteiger partial charge in [-0.3, -0.25) is 0 Å². The summed E-state index contributed by atoms with van der Waals surface area (Å²) in [6.45, 7) is 0.695. The Morgan fingerprint density at radius 1 is 1.50 bits per heavy atom. The lowest BCUT2D eigenvalue weighted by Gasteiger charge is -2.02. The first kappa shape index (κ1) is 11.1. The zero-order valence-electron chi connectivity index (χ0n) is 8.27. The molecule has 0 atom stereocenters. The van der Waals surface area contributed by atoms with Crippen LogP contribution in [0.3, 0.4) is 0 Å². The highest BCUT2D eigenvalue weighted by Crippen LogP contribution is 2.16. The normalized spacial score (nSPS) is 9.75. The summed E-state index contributed by atoms with van der Waals surface area (Å²) in [4.78, 5) is 5.33. The van der Waals surface area contributed by atoms with Crippen LogP contribution in [0.25, 0.3) is 0 Å². The standard InChI is InChI=1S/C11H8BrN3S/c12-9-1-2-11(14-5-9)15-6-10-3-8(4-13)7-16-10/h1-3,5,7H,6H2,(H,14,15). The second kappa shape index (κ2) is 5.10. The molecule has 2 rings (SSSR count). The molecule has 0 saturated heterocycles. The molecule has 2 aromatic rings. The van der Waals surface area contributed by atoms with E-state index in [0.29, 0.717) is 12.1 Å². The number of nitriles is 1. The van der Waals surface area contributed by atoms with E-state index >= 15 is 0 Å². The Morgan fingerprint density at radius 3 is 3.00 bits per heavy atom. The Hall–Kier alpha value is -1.38. The maximum absolute atomic E-state index is 8.69. The van der Waals surface area contributed by atoms with Crippen molar-refractivity contribution in [3.8, 4) is 6.07 Å². The summed E-state index contributed by atoms with van der Waals surface area (Å²) in [5, 5.41) is 13.7. The molecule has 0 unspecified atom stereocenters. The first-order chi connectivity index (χ1) is 7.78. The molecule has 0 radical (unpaired) electrons. The van der Waals surface area contributed by atoms with Gasteiger partial charge in [0.05, 0.1) is 12.1 Å². The van der Waals surface area contributed by atoms with Crippen LogP contribution in [0.1, 0.15) is 10.4 Å². The van der Waals surface area contributed by atoms with Gasteiger partial charge >= 0.3 is 0 Å². The van der Waals surface area contributed by atoms with E-state index in [1.165, 1.54) is 0 Å². The number of nitrogens with zero attached hydrogens (tertiary/aromatic N) is 2. The van der Waals surface area contributed by atoms with Crippen molar-refractivity contribution in [1.29, 1.82) is 5.26 Å². The summed E-state index contributed by atoms with van der Waals surface area (Å²) in [6, 6.07) is 7.84. The molecule has 80 valence electrons. The van der Waals surface area contributed by atoms with E-state index in [-0.39, 0.29) is 0 Å². The molecule has 0 aliphatic heterocycles. The van der Waals surface area contributed by atoms with Gasteiger partial charge in [-0.25, -0.2) is 4.98 Å². The average Bonchev–Trinajstić information content (AvgIpc) is 2.76. The molecule has 0 aliphatic carbocycles. The van der Waals surface area contributed by atoms with Crippen LogP contribution in [0.2, 0.25) is 0 Å². The maximum Gasteiger partial charge on any atom is 0.126 e. The summed E-state index contributed by atoms with van der Waals surface area (Å²) >= 11 is 4.90. The fourth-order valence-corrected chi connectivity index (χ4v) is 2.17. The lowest BCUT2D eigenvalue weighted by atomic mass is 10.3. The van der Waals surface area contributed by atoms with Crippen LogP contribution in [0.5, 0.6) is 0 Å². The van der Waals surface area contributed by atoms with Gasteiger partial charge in [0.2, 0.25) is 0 Å². The monoisotopic (exact) mass is 293 g/mol. The van der Waals surface area contributed by atoms with Crippen LogP contribution >= 0.6 is 27.3 Å². The zero-order chi connectivity index (χ0) is 11.4. The lowest BCUT2D eigenvalue weighted by Crippen LogP contribution is -1.98. The minimum atomic E-state index is 0.695. The number of halogens is 1. The Labute approximate surface area is 106 Å². The second-order valence-electron chi connectivity index (χ2n) is 3.13. The van der Waals surface area contributed by atoms with Crippen molar-refractivity contribution in [2.45, 2.75) is 6.54 Å². The maximum atomic E-state index is 8.69. The third kappa shape index (κ3) is 2.81. The van der Waals surface area contributed by atoms with Gasteiger partial charge in [-0.2, -0.15) is 5.26 Å². The van der Waals surface area contributed by atoms with E-state index in [9.17, 15) is 0 Å². The van der Waals surface area contributed by atoms with E-state index in [1.54, 1.807) is 17.5 Å². The van der Waals surface area contributed by atoms with Gasteiger partial charge in [0.25, 0.3) is 0 Å². The number of nitrogens with one attached hydrogen (secondary N) is 1. The predicted molar refractivity (Wildman–Crippen MR) is 68.3 cm³/mol.